The number of hydrogen-bond acceptors (Lipinski definition) is 5. The van der Waals surface area contributed by atoms with E-state index in [4.69, 9.17) is 14.5 Å². The Kier molecular flexibility index (Phi) is 6.92. The summed E-state index contributed by atoms with van der Waals surface area (Å²) in [6.45, 7) is 9.10. The molecule has 3 aliphatic rings. The van der Waals surface area contributed by atoms with E-state index in [1.807, 2.05) is 0 Å². The topological polar surface area (TPSA) is 78.4 Å². The van der Waals surface area contributed by atoms with Gasteiger partial charge in [0.2, 0.25) is 0 Å². The van der Waals surface area contributed by atoms with Crippen LogP contribution in [0.15, 0.2) is 4.99 Å². The number of hydrogen-bond donors (Lipinski definition) is 3. The molecule has 0 amide bonds. The van der Waals surface area contributed by atoms with Crippen LogP contribution >= 0.6 is 0 Å². The Balaban J connectivity index is 1.50. The summed E-state index contributed by atoms with van der Waals surface area (Å²) < 4.78 is 11.6. The van der Waals surface area contributed by atoms with Gasteiger partial charge in [0.1, 0.15) is 0 Å². The number of rotatable bonds is 7. The highest BCUT2D eigenvalue weighted by Gasteiger charge is 2.35. The van der Waals surface area contributed by atoms with Gasteiger partial charge in [0.15, 0.2) is 5.96 Å². The van der Waals surface area contributed by atoms with E-state index in [0.29, 0.717) is 19.2 Å². The van der Waals surface area contributed by atoms with Crippen molar-refractivity contribution in [1.82, 2.24) is 15.5 Å². The zero-order valence-corrected chi connectivity index (χ0v) is 15.5. The summed E-state index contributed by atoms with van der Waals surface area (Å²) in [6.07, 6.45) is 4.52. The molecule has 3 fully saturated rings. The van der Waals surface area contributed by atoms with E-state index in [1.54, 1.807) is 0 Å². The molecular formula is C18H34N4O3. The molecular weight excluding hydrogens is 320 g/mol. The molecule has 3 N–H and O–H groups in total. The number of aliphatic hydroxyl groups is 1. The predicted molar refractivity (Wildman–Crippen MR) is 97.9 cm³/mol. The molecule has 7 nitrogen and oxygen atoms in total. The Hall–Kier alpha value is -0.890. The number of fused-ring (bicyclic) bond motifs is 1. The number of nitrogens with zero attached hydrogens (tertiary/aromatic N) is 2. The molecule has 0 saturated carbocycles. The summed E-state index contributed by atoms with van der Waals surface area (Å²) in [4.78, 5) is 7.33. The Bertz CT molecular complexity index is 440. The fourth-order valence-electron chi connectivity index (χ4n) is 4.10. The summed E-state index contributed by atoms with van der Waals surface area (Å²) in [5.41, 5.74) is -0.0127. The number of aliphatic hydroxyl groups excluding tert-OH is 1. The molecule has 0 aromatic rings. The van der Waals surface area contributed by atoms with E-state index >= 15 is 0 Å². The van der Waals surface area contributed by atoms with Crippen LogP contribution in [0.1, 0.15) is 32.6 Å². The molecule has 7 heteroatoms. The van der Waals surface area contributed by atoms with Gasteiger partial charge in [-0.3, -0.25) is 9.89 Å². The van der Waals surface area contributed by atoms with Crippen molar-refractivity contribution >= 4 is 5.96 Å². The van der Waals surface area contributed by atoms with Crippen molar-refractivity contribution in [2.75, 3.05) is 59.2 Å². The van der Waals surface area contributed by atoms with Crippen LogP contribution in [0.2, 0.25) is 0 Å². The second kappa shape index (κ2) is 9.16. The largest absolute Gasteiger partial charge is 0.396 e. The van der Waals surface area contributed by atoms with Crippen molar-refractivity contribution < 1.29 is 14.6 Å². The van der Waals surface area contributed by atoms with Gasteiger partial charge in [-0.2, -0.15) is 0 Å². The van der Waals surface area contributed by atoms with Crippen LogP contribution in [0.4, 0.5) is 0 Å². The molecule has 0 aromatic carbocycles. The fraction of sp³-hybridized carbons (Fsp3) is 0.944. The first-order chi connectivity index (χ1) is 12.2. The van der Waals surface area contributed by atoms with Gasteiger partial charge in [-0.15, -0.1) is 0 Å². The highest BCUT2D eigenvalue weighted by atomic mass is 16.5. The smallest absolute Gasteiger partial charge is 0.191 e. The molecule has 3 saturated heterocycles. The molecule has 0 aliphatic carbocycles. The highest BCUT2D eigenvalue weighted by Crippen LogP contribution is 2.32. The van der Waals surface area contributed by atoms with Crippen molar-refractivity contribution in [3.8, 4) is 0 Å². The summed E-state index contributed by atoms with van der Waals surface area (Å²) in [5.74, 6) is 0.832. The van der Waals surface area contributed by atoms with Crippen LogP contribution in [-0.2, 0) is 9.47 Å². The fourth-order valence-corrected chi connectivity index (χ4v) is 4.10. The third kappa shape index (κ3) is 5.06. The van der Waals surface area contributed by atoms with Crippen LogP contribution in [0, 0.1) is 5.41 Å². The summed E-state index contributed by atoms with van der Waals surface area (Å²) >= 11 is 0. The van der Waals surface area contributed by atoms with Gasteiger partial charge in [-0.25, -0.2) is 0 Å². The number of ether oxygens (including phenoxy) is 2. The van der Waals surface area contributed by atoms with Crippen LogP contribution in [-0.4, -0.2) is 87.3 Å². The number of morpholine rings is 1. The average Bonchev–Trinajstić information content (AvgIpc) is 3.27. The van der Waals surface area contributed by atoms with Gasteiger partial charge in [0.05, 0.1) is 25.9 Å². The van der Waals surface area contributed by atoms with Gasteiger partial charge in [-0.05, 0) is 39.2 Å². The Morgan fingerprint density at radius 3 is 3.08 bits per heavy atom. The third-order valence-electron chi connectivity index (χ3n) is 5.70. The van der Waals surface area contributed by atoms with E-state index in [9.17, 15) is 5.11 Å². The molecule has 0 radical (unpaired) electrons. The summed E-state index contributed by atoms with van der Waals surface area (Å²) in [6, 6.07) is 0.638. The maximum absolute atomic E-state index is 9.35. The second-order valence-corrected chi connectivity index (χ2v) is 7.60. The molecule has 25 heavy (non-hydrogen) atoms. The Morgan fingerprint density at radius 2 is 2.32 bits per heavy atom. The standard InChI is InChI=1S/C18H34N4O3/c1-2-19-17(21-13-18(5-8-23)6-9-24-14-18)20-10-16-11-22-7-3-4-15(22)12-25-16/h15-16,23H,2-14H2,1H3,(H2,19,20,21). The lowest BCUT2D eigenvalue weighted by Crippen LogP contribution is -2.51. The highest BCUT2D eigenvalue weighted by molar-refractivity contribution is 5.79. The average molecular weight is 354 g/mol. The van der Waals surface area contributed by atoms with E-state index in [-0.39, 0.29) is 18.1 Å². The number of nitrogens with one attached hydrogen (secondary N) is 2. The maximum Gasteiger partial charge on any atom is 0.191 e. The van der Waals surface area contributed by atoms with E-state index in [2.05, 4.69) is 22.5 Å². The normalized spacial score (nSPS) is 33.4. The molecule has 3 unspecified atom stereocenters. The van der Waals surface area contributed by atoms with Crippen molar-refractivity contribution in [1.29, 1.82) is 0 Å². The first-order valence-corrected chi connectivity index (χ1v) is 9.81. The van der Waals surface area contributed by atoms with Gasteiger partial charge in [0.25, 0.3) is 0 Å². The van der Waals surface area contributed by atoms with E-state index < -0.39 is 0 Å². The Labute approximate surface area is 151 Å². The lowest BCUT2D eigenvalue weighted by molar-refractivity contribution is -0.0453. The minimum absolute atomic E-state index is 0.0127. The van der Waals surface area contributed by atoms with Gasteiger partial charge < -0.3 is 25.2 Å². The van der Waals surface area contributed by atoms with Gasteiger partial charge in [0, 0.05) is 44.3 Å². The van der Waals surface area contributed by atoms with Crippen LogP contribution < -0.4 is 10.6 Å². The SMILES string of the molecule is CCNC(=NCC1(CCO)CCOC1)NCC1CN2CCCC2CO1. The van der Waals surface area contributed by atoms with E-state index in [1.165, 1.54) is 19.4 Å². The van der Waals surface area contributed by atoms with Crippen LogP contribution in [0.5, 0.6) is 0 Å². The van der Waals surface area contributed by atoms with Crippen LogP contribution in [0.25, 0.3) is 0 Å². The Morgan fingerprint density at radius 1 is 1.40 bits per heavy atom. The molecule has 3 heterocycles. The zero-order valence-electron chi connectivity index (χ0n) is 15.5. The maximum atomic E-state index is 9.35. The third-order valence-corrected chi connectivity index (χ3v) is 5.70. The molecule has 3 rings (SSSR count). The van der Waals surface area contributed by atoms with E-state index in [0.717, 1.165) is 51.6 Å². The van der Waals surface area contributed by atoms with Crippen molar-refractivity contribution in [2.24, 2.45) is 10.4 Å². The second-order valence-electron chi connectivity index (χ2n) is 7.60. The number of aliphatic imine (C=N–C) groups is 1. The van der Waals surface area contributed by atoms with Crippen molar-refractivity contribution in [2.45, 2.75) is 44.8 Å². The monoisotopic (exact) mass is 354 g/mol. The van der Waals surface area contributed by atoms with Gasteiger partial charge in [-0.1, -0.05) is 0 Å². The molecule has 3 aliphatic heterocycles. The molecule has 0 spiro atoms. The van der Waals surface area contributed by atoms with Crippen molar-refractivity contribution in [3.05, 3.63) is 0 Å². The minimum atomic E-state index is -0.0127. The van der Waals surface area contributed by atoms with Crippen molar-refractivity contribution in [3.63, 3.8) is 0 Å². The first kappa shape index (κ1) is 18.9. The number of guanidine groups is 1. The lowest BCUT2D eigenvalue weighted by Gasteiger charge is -2.35. The minimum Gasteiger partial charge on any atom is -0.396 e. The summed E-state index contributed by atoms with van der Waals surface area (Å²) in [7, 11) is 0. The molecule has 0 aromatic heterocycles. The zero-order chi connectivity index (χ0) is 17.5. The van der Waals surface area contributed by atoms with Crippen LogP contribution in [0.3, 0.4) is 0 Å². The quantitative estimate of drug-likeness (QED) is 0.448. The lowest BCUT2D eigenvalue weighted by atomic mass is 9.84. The van der Waals surface area contributed by atoms with Gasteiger partial charge >= 0.3 is 0 Å². The first-order valence-electron chi connectivity index (χ1n) is 9.81. The molecule has 3 atom stereocenters. The molecule has 0 bridgehead atoms. The summed E-state index contributed by atoms with van der Waals surface area (Å²) in [5, 5.41) is 16.1. The molecule has 144 valence electrons. The predicted octanol–water partition coefficient (Wildman–Crippen LogP) is 0.194.